The van der Waals surface area contributed by atoms with Gasteiger partial charge in [-0.2, -0.15) is 5.26 Å². The van der Waals surface area contributed by atoms with Crippen molar-refractivity contribution >= 4 is 35.0 Å². The van der Waals surface area contributed by atoms with Gasteiger partial charge < -0.3 is 20.1 Å². The molecule has 0 saturated carbocycles. The van der Waals surface area contributed by atoms with E-state index in [2.05, 4.69) is 10.6 Å². The first-order valence-electron chi connectivity index (χ1n) is 10.3. The summed E-state index contributed by atoms with van der Waals surface area (Å²) in [6, 6.07) is 17.3. The molecule has 3 aromatic carbocycles. The Morgan fingerprint density at radius 2 is 1.86 bits per heavy atom. The summed E-state index contributed by atoms with van der Waals surface area (Å²) in [5, 5.41) is 25.2. The molecular weight excluding hydrogens is 471 g/mol. The van der Waals surface area contributed by atoms with Gasteiger partial charge in [0.15, 0.2) is 18.1 Å². The van der Waals surface area contributed by atoms with Crippen molar-refractivity contribution in [2.75, 3.05) is 24.4 Å². The normalized spacial score (nSPS) is 10.6. The molecule has 0 aliphatic carbocycles. The lowest BCUT2D eigenvalue weighted by molar-refractivity contribution is -0.384. The number of anilines is 2. The van der Waals surface area contributed by atoms with Gasteiger partial charge in [0.2, 0.25) is 0 Å². The van der Waals surface area contributed by atoms with Gasteiger partial charge in [-0.15, -0.1) is 0 Å². The molecule has 3 aromatic rings. The molecule has 0 spiro atoms. The zero-order valence-corrected chi connectivity index (χ0v) is 18.9. The second kappa shape index (κ2) is 11.8. The average molecular weight is 490 g/mol. The number of nitrogens with zero attached hydrogens (tertiary/aromatic N) is 2. The number of nitrogens with one attached hydrogen (secondary N) is 2. The number of hydrogen-bond acceptors (Lipinski definition) is 7. The Kier molecular flexibility index (Phi) is 8.29. The van der Waals surface area contributed by atoms with E-state index in [1.54, 1.807) is 12.1 Å². The van der Waals surface area contributed by atoms with Gasteiger partial charge in [-0.1, -0.05) is 24.3 Å². The number of nitriles is 1. The lowest BCUT2D eigenvalue weighted by Crippen LogP contribution is -2.20. The summed E-state index contributed by atoms with van der Waals surface area (Å²) in [6.07, 6.45) is 1.30. The highest BCUT2D eigenvalue weighted by molar-refractivity contribution is 6.09. The van der Waals surface area contributed by atoms with E-state index in [-0.39, 0.29) is 34.1 Å². The highest BCUT2D eigenvalue weighted by Gasteiger charge is 2.14. The number of nitro benzene ring substituents is 1. The highest BCUT2D eigenvalue weighted by atomic mass is 19.1. The summed E-state index contributed by atoms with van der Waals surface area (Å²) in [5.41, 5.74) is 0.122. The average Bonchev–Trinajstić information content (AvgIpc) is 2.87. The number of benzene rings is 3. The van der Waals surface area contributed by atoms with Crippen LogP contribution in [-0.2, 0) is 9.59 Å². The van der Waals surface area contributed by atoms with Gasteiger partial charge in [0.1, 0.15) is 17.5 Å². The van der Waals surface area contributed by atoms with Gasteiger partial charge in [0, 0.05) is 17.8 Å². The maximum Gasteiger partial charge on any atom is 0.271 e. The van der Waals surface area contributed by atoms with Crippen LogP contribution < -0.4 is 20.1 Å². The fourth-order valence-corrected chi connectivity index (χ4v) is 3.00. The zero-order chi connectivity index (χ0) is 26.1. The summed E-state index contributed by atoms with van der Waals surface area (Å²) in [4.78, 5) is 34.9. The number of carbonyl (C=O) groups excluding carboxylic acids is 2. The maximum atomic E-state index is 13.7. The third-order valence-corrected chi connectivity index (χ3v) is 4.69. The lowest BCUT2D eigenvalue weighted by atomic mass is 10.1. The summed E-state index contributed by atoms with van der Waals surface area (Å²) in [7, 11) is 1.37. The SMILES string of the molecule is COc1cc(C=C(C#N)C(=O)Nc2cccc([N+](=O)[O-])c2)ccc1OCC(=O)Nc1ccccc1F. The number of non-ortho nitro benzene ring substituents is 1. The minimum absolute atomic E-state index is 0.0194. The second-order valence-corrected chi connectivity index (χ2v) is 7.16. The van der Waals surface area contributed by atoms with E-state index < -0.39 is 29.2 Å². The Hall–Kier alpha value is -5.24. The van der Waals surface area contributed by atoms with Crippen molar-refractivity contribution < 1.29 is 28.4 Å². The first-order valence-corrected chi connectivity index (χ1v) is 10.3. The molecule has 2 amide bonds. The minimum Gasteiger partial charge on any atom is -0.493 e. The van der Waals surface area contributed by atoms with Crippen LogP contribution in [0.15, 0.2) is 72.3 Å². The van der Waals surface area contributed by atoms with Crippen LogP contribution in [0.25, 0.3) is 6.08 Å². The van der Waals surface area contributed by atoms with Crippen molar-refractivity contribution in [1.82, 2.24) is 0 Å². The molecule has 36 heavy (non-hydrogen) atoms. The molecule has 0 aliphatic rings. The third-order valence-electron chi connectivity index (χ3n) is 4.69. The van der Waals surface area contributed by atoms with E-state index in [4.69, 9.17) is 9.47 Å². The number of para-hydroxylation sites is 1. The number of hydrogen-bond donors (Lipinski definition) is 2. The minimum atomic E-state index is -0.762. The molecule has 0 heterocycles. The van der Waals surface area contributed by atoms with Crippen LogP contribution in [0.3, 0.4) is 0 Å². The zero-order valence-electron chi connectivity index (χ0n) is 18.9. The fourth-order valence-electron chi connectivity index (χ4n) is 3.00. The molecule has 0 aromatic heterocycles. The number of carbonyl (C=O) groups is 2. The monoisotopic (exact) mass is 490 g/mol. The lowest BCUT2D eigenvalue weighted by Gasteiger charge is -2.12. The van der Waals surface area contributed by atoms with Crippen LogP contribution in [0.5, 0.6) is 11.5 Å². The molecule has 0 aliphatic heterocycles. The fraction of sp³-hybridized carbons (Fsp3) is 0.0800. The van der Waals surface area contributed by atoms with Crippen LogP contribution in [0, 0.1) is 27.3 Å². The van der Waals surface area contributed by atoms with Crippen molar-refractivity contribution in [1.29, 1.82) is 5.26 Å². The molecule has 3 rings (SSSR count). The first kappa shape index (κ1) is 25.4. The van der Waals surface area contributed by atoms with Crippen LogP contribution in [0.4, 0.5) is 21.5 Å². The van der Waals surface area contributed by atoms with Crippen molar-refractivity contribution in [2.24, 2.45) is 0 Å². The number of nitro groups is 1. The standard InChI is InChI=1S/C25H19FN4O6/c1-35-23-12-16(9-10-22(23)36-15-24(31)29-21-8-3-2-7-20(21)26)11-17(14-27)25(32)28-18-5-4-6-19(13-18)30(33)34/h2-13H,15H2,1H3,(H,28,32)(H,29,31). The molecule has 0 atom stereocenters. The predicted molar refractivity (Wildman–Crippen MR) is 129 cm³/mol. The number of methoxy groups -OCH3 is 1. The summed E-state index contributed by atoms with van der Waals surface area (Å²) in [5.74, 6) is -1.50. The smallest absolute Gasteiger partial charge is 0.271 e. The van der Waals surface area contributed by atoms with Crippen LogP contribution in [-0.4, -0.2) is 30.5 Å². The summed E-state index contributed by atoms with van der Waals surface area (Å²) < 4.78 is 24.4. The Morgan fingerprint density at radius 1 is 1.08 bits per heavy atom. The van der Waals surface area contributed by atoms with E-state index in [1.165, 1.54) is 73.8 Å². The van der Waals surface area contributed by atoms with Gasteiger partial charge in [0.05, 0.1) is 17.7 Å². The molecule has 182 valence electrons. The van der Waals surface area contributed by atoms with Gasteiger partial charge in [-0.3, -0.25) is 19.7 Å². The molecule has 0 saturated heterocycles. The van der Waals surface area contributed by atoms with E-state index in [0.29, 0.717) is 5.56 Å². The Balaban J connectivity index is 1.69. The second-order valence-electron chi connectivity index (χ2n) is 7.16. The molecule has 0 bridgehead atoms. The molecule has 11 heteroatoms. The predicted octanol–water partition coefficient (Wildman–Crippen LogP) is 4.31. The number of ether oxygens (including phenoxy) is 2. The number of rotatable bonds is 9. The topological polar surface area (TPSA) is 144 Å². The molecule has 0 radical (unpaired) electrons. The summed E-state index contributed by atoms with van der Waals surface area (Å²) in [6.45, 7) is -0.422. The largest absolute Gasteiger partial charge is 0.493 e. The third kappa shape index (κ3) is 6.64. The van der Waals surface area contributed by atoms with E-state index in [0.717, 1.165) is 0 Å². The van der Waals surface area contributed by atoms with Crippen molar-refractivity contribution in [3.8, 4) is 17.6 Å². The van der Waals surface area contributed by atoms with Gasteiger partial charge in [0.25, 0.3) is 17.5 Å². The molecule has 10 nitrogen and oxygen atoms in total. The van der Waals surface area contributed by atoms with Crippen LogP contribution >= 0.6 is 0 Å². The van der Waals surface area contributed by atoms with Crippen LogP contribution in [0.2, 0.25) is 0 Å². The first-order chi connectivity index (χ1) is 17.3. The quantitative estimate of drug-likeness (QED) is 0.197. The molecule has 2 N–H and O–H groups in total. The van der Waals surface area contributed by atoms with Gasteiger partial charge >= 0.3 is 0 Å². The summed E-state index contributed by atoms with van der Waals surface area (Å²) >= 11 is 0. The van der Waals surface area contributed by atoms with Crippen LogP contribution in [0.1, 0.15) is 5.56 Å². The van der Waals surface area contributed by atoms with Gasteiger partial charge in [-0.25, -0.2) is 4.39 Å². The Morgan fingerprint density at radius 3 is 2.56 bits per heavy atom. The van der Waals surface area contributed by atoms with Crippen molar-refractivity contribution in [3.05, 3.63) is 93.8 Å². The molecule has 0 fully saturated rings. The highest BCUT2D eigenvalue weighted by Crippen LogP contribution is 2.29. The number of halogens is 1. The van der Waals surface area contributed by atoms with Crippen molar-refractivity contribution in [3.63, 3.8) is 0 Å². The Labute approximate surface area is 204 Å². The van der Waals surface area contributed by atoms with Gasteiger partial charge in [-0.05, 0) is 42.0 Å². The number of amides is 2. The van der Waals surface area contributed by atoms with E-state index >= 15 is 0 Å². The van der Waals surface area contributed by atoms with Crippen molar-refractivity contribution in [2.45, 2.75) is 0 Å². The Bertz CT molecular complexity index is 1380. The molecular formula is C25H19FN4O6. The maximum absolute atomic E-state index is 13.7. The molecule has 0 unspecified atom stereocenters. The van der Waals surface area contributed by atoms with E-state index in [9.17, 15) is 29.4 Å². The van der Waals surface area contributed by atoms with E-state index in [1.807, 2.05) is 0 Å².